The van der Waals surface area contributed by atoms with Crippen molar-refractivity contribution in [1.82, 2.24) is 0 Å². The lowest BCUT2D eigenvalue weighted by Gasteiger charge is -2.18. The summed E-state index contributed by atoms with van der Waals surface area (Å²) >= 11 is 0. The summed E-state index contributed by atoms with van der Waals surface area (Å²) in [5.74, 6) is -3.76. The molecule has 6 rings (SSSR count). The Morgan fingerprint density at radius 2 is 0.884 bits per heavy atom. The van der Waals surface area contributed by atoms with Gasteiger partial charge in [0, 0.05) is 53.4 Å². The molecule has 0 saturated heterocycles. The molecule has 10 N–H and O–H groups in total. The van der Waals surface area contributed by atoms with Crippen LogP contribution in [0.4, 0.5) is 17.1 Å². The molecule has 0 aromatic heterocycles. The topological polar surface area (TPSA) is 229 Å². The molecular weight excluding hydrogens is 562 g/mol. The van der Waals surface area contributed by atoms with Gasteiger partial charge in [-0.25, -0.2) is 4.79 Å². The van der Waals surface area contributed by atoms with Crippen LogP contribution in [0.1, 0.15) is 29.5 Å². The van der Waals surface area contributed by atoms with E-state index in [1.54, 1.807) is 18.2 Å². The number of hydrogen-bond donors (Lipinski definition) is 10. The molecule has 0 saturated carbocycles. The average molecular weight is 598 g/mol. The van der Waals surface area contributed by atoms with E-state index in [0.717, 1.165) is 72.6 Å². The van der Waals surface area contributed by atoms with Crippen LogP contribution in [0, 0.1) is 0 Å². The average Bonchev–Trinajstić information content (AvgIpc) is 3.71. The molecule has 3 aliphatic rings. The van der Waals surface area contributed by atoms with Crippen molar-refractivity contribution in [2.45, 2.75) is 37.7 Å². The minimum absolute atomic E-state index is 0.419. The van der Waals surface area contributed by atoms with Crippen LogP contribution in [0.3, 0.4) is 0 Å². The summed E-state index contributed by atoms with van der Waals surface area (Å²) in [6, 6.07) is 16.7. The highest BCUT2D eigenvalue weighted by Crippen LogP contribution is 2.31. The summed E-state index contributed by atoms with van der Waals surface area (Å²) in [6.07, 6.45) is 0.551. The normalized spacial score (nSPS) is 13.3. The third kappa shape index (κ3) is 8.91. The molecule has 3 aromatic rings. The lowest BCUT2D eigenvalue weighted by atomic mass is 9.96. The first-order valence-electron chi connectivity index (χ1n) is 13.4. The Bertz CT molecular complexity index is 1310. The van der Waals surface area contributed by atoms with Crippen molar-refractivity contribution in [3.05, 3.63) is 71.3 Å². The lowest BCUT2D eigenvalue weighted by molar-refractivity contribution is -0.170. The molecule has 0 bridgehead atoms. The highest BCUT2D eigenvalue weighted by molar-refractivity contribution is 5.88. The number of aliphatic carboxylic acids is 3. The molecule has 0 fully saturated rings. The number of rotatable bonds is 5. The van der Waals surface area contributed by atoms with Crippen molar-refractivity contribution in [2.75, 3.05) is 35.6 Å². The number of aliphatic hydroxyl groups is 1. The Balaban J connectivity index is 0.000000157. The fourth-order valence-electron chi connectivity index (χ4n) is 4.69. The van der Waals surface area contributed by atoms with Crippen LogP contribution < -0.4 is 16.0 Å². The molecule has 3 aliphatic heterocycles. The first kappa shape index (κ1) is 32.3. The van der Waals surface area contributed by atoms with Crippen molar-refractivity contribution in [3.8, 4) is 17.2 Å². The zero-order valence-electron chi connectivity index (χ0n) is 23.2. The van der Waals surface area contributed by atoms with Crippen molar-refractivity contribution in [1.29, 1.82) is 0 Å². The van der Waals surface area contributed by atoms with Crippen LogP contribution >= 0.6 is 0 Å². The third-order valence-corrected chi connectivity index (χ3v) is 6.81. The minimum atomic E-state index is -2.74. The molecule has 0 amide bonds. The molecule has 0 aliphatic carbocycles. The van der Waals surface area contributed by atoms with Gasteiger partial charge < -0.3 is 51.7 Å². The molecule has 230 valence electrons. The van der Waals surface area contributed by atoms with Crippen molar-refractivity contribution in [3.63, 3.8) is 0 Å². The van der Waals surface area contributed by atoms with E-state index in [4.69, 9.17) is 20.4 Å². The second kappa shape index (κ2) is 14.6. The van der Waals surface area contributed by atoms with Gasteiger partial charge in [0.2, 0.25) is 0 Å². The number of benzene rings is 3. The van der Waals surface area contributed by atoms with Crippen LogP contribution in [0.25, 0.3) is 0 Å². The van der Waals surface area contributed by atoms with Crippen molar-refractivity contribution in [2.24, 2.45) is 0 Å². The largest absolute Gasteiger partial charge is 0.508 e. The van der Waals surface area contributed by atoms with Gasteiger partial charge in [-0.15, -0.1) is 0 Å². The predicted octanol–water partition coefficient (Wildman–Crippen LogP) is 2.83. The van der Waals surface area contributed by atoms with Crippen LogP contribution in [-0.4, -0.2) is 78.9 Å². The number of carbonyl (C=O) groups is 3. The molecule has 13 heteroatoms. The van der Waals surface area contributed by atoms with Crippen LogP contribution in [-0.2, 0) is 33.6 Å². The number of aromatic hydroxyl groups is 3. The Morgan fingerprint density at radius 1 is 0.581 bits per heavy atom. The Labute approximate surface area is 247 Å². The molecular formula is C30H35N3O10. The lowest BCUT2D eigenvalue weighted by Crippen LogP contribution is -2.42. The number of phenols is 3. The maximum absolute atomic E-state index is 10.3. The monoisotopic (exact) mass is 597 g/mol. The molecule has 0 spiro atoms. The van der Waals surface area contributed by atoms with Crippen LogP contribution in [0.15, 0.2) is 54.6 Å². The van der Waals surface area contributed by atoms with Gasteiger partial charge >= 0.3 is 17.9 Å². The van der Waals surface area contributed by atoms with Crippen molar-refractivity contribution >= 4 is 35.0 Å². The maximum atomic E-state index is 10.3. The number of fused-ring (bicyclic) bond motifs is 3. The highest BCUT2D eigenvalue weighted by Gasteiger charge is 2.40. The SMILES string of the molecule is O=C(O)CC(O)(CC(=O)O)C(=O)O.Oc1cccc2c1CCN2.Oc1cccc2c1CCN2.Oc1cccc2c1CCN2. The van der Waals surface area contributed by atoms with E-state index >= 15 is 0 Å². The first-order chi connectivity index (χ1) is 20.4. The van der Waals surface area contributed by atoms with Gasteiger partial charge in [-0.2, -0.15) is 0 Å². The number of nitrogens with one attached hydrogen (secondary N) is 3. The van der Waals surface area contributed by atoms with E-state index in [1.807, 2.05) is 36.4 Å². The second-order valence-corrected chi connectivity index (χ2v) is 9.92. The smallest absolute Gasteiger partial charge is 0.336 e. The van der Waals surface area contributed by atoms with E-state index in [9.17, 15) is 29.7 Å². The molecule has 3 heterocycles. The fourth-order valence-corrected chi connectivity index (χ4v) is 4.69. The van der Waals surface area contributed by atoms with Crippen LogP contribution in [0.2, 0.25) is 0 Å². The van der Waals surface area contributed by atoms with Gasteiger partial charge in [0.1, 0.15) is 17.2 Å². The number of carboxylic acid groups (broad SMARTS) is 3. The summed E-state index contributed by atoms with van der Waals surface area (Å²) in [7, 11) is 0. The number of phenolic OH excluding ortho intramolecular Hbond substituents is 3. The van der Waals surface area contributed by atoms with Gasteiger partial charge in [0.15, 0.2) is 5.60 Å². The molecule has 13 nitrogen and oxygen atoms in total. The van der Waals surface area contributed by atoms with Gasteiger partial charge in [-0.1, -0.05) is 18.2 Å². The second-order valence-electron chi connectivity index (χ2n) is 9.92. The summed E-state index contributed by atoms with van der Waals surface area (Å²) < 4.78 is 0. The summed E-state index contributed by atoms with van der Waals surface area (Å²) in [4.78, 5) is 30.5. The van der Waals surface area contributed by atoms with E-state index in [-0.39, 0.29) is 0 Å². The number of carboxylic acids is 3. The zero-order valence-corrected chi connectivity index (χ0v) is 23.2. The molecule has 43 heavy (non-hydrogen) atoms. The predicted molar refractivity (Wildman–Crippen MR) is 158 cm³/mol. The summed E-state index contributed by atoms with van der Waals surface area (Å²) in [5, 5.41) is 71.2. The van der Waals surface area contributed by atoms with Gasteiger partial charge in [-0.3, -0.25) is 9.59 Å². The maximum Gasteiger partial charge on any atom is 0.336 e. The van der Waals surface area contributed by atoms with Gasteiger partial charge in [0.25, 0.3) is 0 Å². The summed E-state index contributed by atoms with van der Waals surface area (Å²) in [5.41, 5.74) is 3.69. The Kier molecular flexibility index (Phi) is 11.0. The Morgan fingerprint density at radius 3 is 1.12 bits per heavy atom. The van der Waals surface area contributed by atoms with E-state index in [1.165, 1.54) is 0 Å². The highest BCUT2D eigenvalue weighted by atomic mass is 16.4. The van der Waals surface area contributed by atoms with E-state index in [2.05, 4.69) is 16.0 Å². The van der Waals surface area contributed by atoms with Gasteiger partial charge in [0.05, 0.1) is 12.8 Å². The quantitative estimate of drug-likeness (QED) is 0.204. The van der Waals surface area contributed by atoms with E-state index in [0.29, 0.717) is 17.2 Å². The summed E-state index contributed by atoms with van der Waals surface area (Å²) in [6.45, 7) is 2.85. The Hall–Kier alpha value is -5.17. The molecule has 0 atom stereocenters. The van der Waals surface area contributed by atoms with Crippen molar-refractivity contribution < 1.29 is 50.1 Å². The molecule has 0 radical (unpaired) electrons. The molecule has 0 unspecified atom stereocenters. The third-order valence-electron chi connectivity index (χ3n) is 6.81. The fraction of sp³-hybridized carbons (Fsp3) is 0.300. The number of anilines is 3. The standard InChI is InChI=1S/3C8H9NO.C6H8O7/c3*10-8-3-1-2-7-6(8)4-5-9-7;7-3(8)1-6(13,5(11)12)2-4(9)10/h3*1-3,9-10H,4-5H2;13H,1-2H2,(H,7,8)(H,9,10)(H,11,12). The first-order valence-corrected chi connectivity index (χ1v) is 13.4. The zero-order chi connectivity index (χ0) is 31.6. The molecule has 3 aromatic carbocycles. The minimum Gasteiger partial charge on any atom is -0.508 e. The van der Waals surface area contributed by atoms with Gasteiger partial charge in [-0.05, 0) is 55.7 Å². The van der Waals surface area contributed by atoms with E-state index < -0.39 is 36.4 Å². The number of hydrogen-bond acceptors (Lipinski definition) is 10. The van der Waals surface area contributed by atoms with Crippen LogP contribution in [0.5, 0.6) is 17.2 Å².